The number of hydrogen-bond donors (Lipinski definition) is 1. The van der Waals surface area contributed by atoms with Crippen molar-refractivity contribution in [3.05, 3.63) is 18.2 Å². The lowest BCUT2D eigenvalue weighted by Crippen LogP contribution is -2.36. The molecule has 1 aliphatic heterocycles. The number of carbonyl (C=O) groups is 1. The maximum Gasteiger partial charge on any atom is 0.265 e. The number of carbonyl (C=O) groups excluding carboxylic acids is 1. The van der Waals surface area contributed by atoms with E-state index in [2.05, 4.69) is 5.32 Å². The van der Waals surface area contributed by atoms with Gasteiger partial charge in [0.2, 0.25) is 0 Å². The molecule has 0 aromatic heterocycles. The molecule has 6 heteroatoms. The van der Waals surface area contributed by atoms with Crippen LogP contribution in [-0.4, -0.2) is 26.2 Å². The molecule has 1 heterocycles. The number of fused-ring (bicyclic) bond motifs is 1. The Morgan fingerprint density at radius 3 is 2.67 bits per heavy atom. The molecule has 2 rings (SSSR count). The number of anilines is 1. The third-order valence-electron chi connectivity index (χ3n) is 2.88. The molecular formula is C12H15NO4S. The summed E-state index contributed by atoms with van der Waals surface area (Å²) in [6, 6.07) is 4.53. The molecule has 0 spiro atoms. The first-order chi connectivity index (χ1) is 8.47. The van der Waals surface area contributed by atoms with E-state index in [1.807, 2.05) is 6.92 Å². The van der Waals surface area contributed by atoms with Crippen molar-refractivity contribution in [3.63, 3.8) is 0 Å². The molecule has 1 aliphatic rings. The Labute approximate surface area is 106 Å². The van der Waals surface area contributed by atoms with Gasteiger partial charge in [0, 0.05) is 0 Å². The van der Waals surface area contributed by atoms with Crippen LogP contribution in [-0.2, 0) is 14.6 Å². The fourth-order valence-electron chi connectivity index (χ4n) is 1.76. The van der Waals surface area contributed by atoms with E-state index in [0.717, 1.165) is 0 Å². The molecule has 0 bridgehead atoms. The molecule has 98 valence electrons. The Balaban J connectivity index is 2.41. The number of amides is 1. The van der Waals surface area contributed by atoms with Gasteiger partial charge in [0.05, 0.1) is 16.3 Å². The van der Waals surface area contributed by atoms with Crippen LogP contribution in [0.4, 0.5) is 5.69 Å². The number of rotatable bonds is 3. The van der Waals surface area contributed by atoms with Crippen LogP contribution in [0.2, 0.25) is 0 Å². The predicted octanol–water partition coefficient (Wildman–Crippen LogP) is 1.59. The molecule has 0 radical (unpaired) electrons. The molecule has 1 unspecified atom stereocenters. The van der Waals surface area contributed by atoms with E-state index in [1.165, 1.54) is 12.1 Å². The summed E-state index contributed by atoms with van der Waals surface area (Å²) in [7, 11) is -3.28. The summed E-state index contributed by atoms with van der Waals surface area (Å²) in [5, 5.41) is 2.67. The summed E-state index contributed by atoms with van der Waals surface area (Å²) < 4.78 is 29.0. The second-order valence-corrected chi connectivity index (χ2v) is 6.34. The summed E-state index contributed by atoms with van der Waals surface area (Å²) in [5.74, 6) is 0.297. The lowest BCUT2D eigenvalue weighted by molar-refractivity contribution is -0.123. The highest BCUT2D eigenvalue weighted by Gasteiger charge is 2.27. The van der Waals surface area contributed by atoms with E-state index in [-0.39, 0.29) is 16.6 Å². The van der Waals surface area contributed by atoms with Gasteiger partial charge >= 0.3 is 0 Å². The van der Waals surface area contributed by atoms with Crippen molar-refractivity contribution in [2.75, 3.05) is 11.1 Å². The Kier molecular flexibility index (Phi) is 3.30. The molecule has 0 saturated heterocycles. The molecule has 0 aliphatic carbocycles. The van der Waals surface area contributed by atoms with Gasteiger partial charge in [-0.2, -0.15) is 0 Å². The first-order valence-corrected chi connectivity index (χ1v) is 7.47. The number of nitrogens with one attached hydrogen (secondary N) is 1. The second-order valence-electron chi connectivity index (χ2n) is 4.07. The highest BCUT2D eigenvalue weighted by Crippen LogP contribution is 2.32. The van der Waals surface area contributed by atoms with Crippen LogP contribution in [0.1, 0.15) is 20.3 Å². The summed E-state index contributed by atoms with van der Waals surface area (Å²) in [6.07, 6.45) is 0.0615. The third kappa shape index (κ3) is 2.20. The van der Waals surface area contributed by atoms with Crippen molar-refractivity contribution in [1.29, 1.82) is 0 Å². The van der Waals surface area contributed by atoms with Gasteiger partial charge in [-0.25, -0.2) is 8.42 Å². The van der Waals surface area contributed by atoms with Gasteiger partial charge in [-0.3, -0.25) is 4.79 Å². The van der Waals surface area contributed by atoms with Crippen molar-refractivity contribution in [2.24, 2.45) is 0 Å². The molecule has 1 atom stereocenters. The van der Waals surface area contributed by atoms with Gasteiger partial charge in [-0.1, -0.05) is 13.8 Å². The van der Waals surface area contributed by atoms with Crippen molar-refractivity contribution in [1.82, 2.24) is 0 Å². The summed E-state index contributed by atoms with van der Waals surface area (Å²) in [5.41, 5.74) is 0.416. The Morgan fingerprint density at radius 2 is 2.06 bits per heavy atom. The average molecular weight is 269 g/mol. The minimum Gasteiger partial charge on any atom is -0.478 e. The lowest BCUT2D eigenvalue weighted by atomic mass is 10.2. The molecule has 0 saturated carbocycles. The number of hydrogen-bond acceptors (Lipinski definition) is 4. The van der Waals surface area contributed by atoms with E-state index < -0.39 is 15.9 Å². The fourth-order valence-corrected chi connectivity index (χ4v) is 2.66. The van der Waals surface area contributed by atoms with Gasteiger partial charge in [-0.15, -0.1) is 0 Å². The minimum absolute atomic E-state index is 0.0260. The second kappa shape index (κ2) is 4.61. The summed E-state index contributed by atoms with van der Waals surface area (Å²) >= 11 is 0. The topological polar surface area (TPSA) is 72.5 Å². The molecule has 0 fully saturated rings. The van der Waals surface area contributed by atoms with Gasteiger partial charge in [0.25, 0.3) is 5.91 Å². The molecule has 1 aromatic carbocycles. The molecule has 1 N–H and O–H groups in total. The predicted molar refractivity (Wildman–Crippen MR) is 67.5 cm³/mol. The minimum atomic E-state index is -3.28. The summed E-state index contributed by atoms with van der Waals surface area (Å²) in [4.78, 5) is 11.8. The summed E-state index contributed by atoms with van der Waals surface area (Å²) in [6.45, 7) is 3.43. The van der Waals surface area contributed by atoms with Crippen LogP contribution in [0.5, 0.6) is 5.75 Å². The van der Waals surface area contributed by atoms with Gasteiger partial charge in [0.1, 0.15) is 5.75 Å². The van der Waals surface area contributed by atoms with Crippen LogP contribution in [0.15, 0.2) is 23.1 Å². The van der Waals surface area contributed by atoms with Crippen molar-refractivity contribution >= 4 is 21.4 Å². The Hall–Kier alpha value is -1.56. The fraction of sp³-hybridized carbons (Fsp3) is 0.417. The van der Waals surface area contributed by atoms with E-state index in [1.54, 1.807) is 13.0 Å². The average Bonchev–Trinajstić information content (AvgIpc) is 2.37. The monoisotopic (exact) mass is 269 g/mol. The zero-order chi connectivity index (χ0) is 13.3. The maximum absolute atomic E-state index is 11.7. The van der Waals surface area contributed by atoms with Crippen LogP contribution < -0.4 is 10.1 Å². The highest BCUT2D eigenvalue weighted by molar-refractivity contribution is 7.91. The van der Waals surface area contributed by atoms with Crippen LogP contribution >= 0.6 is 0 Å². The van der Waals surface area contributed by atoms with Crippen molar-refractivity contribution < 1.29 is 17.9 Å². The Bertz CT molecular complexity index is 580. The molecule has 5 nitrogen and oxygen atoms in total. The van der Waals surface area contributed by atoms with E-state index in [4.69, 9.17) is 4.74 Å². The van der Waals surface area contributed by atoms with E-state index in [0.29, 0.717) is 17.9 Å². The van der Waals surface area contributed by atoms with Gasteiger partial charge < -0.3 is 10.1 Å². The smallest absolute Gasteiger partial charge is 0.265 e. The number of benzene rings is 1. The van der Waals surface area contributed by atoms with Crippen LogP contribution in [0.3, 0.4) is 0 Å². The van der Waals surface area contributed by atoms with Crippen molar-refractivity contribution in [3.8, 4) is 5.75 Å². The maximum atomic E-state index is 11.7. The lowest BCUT2D eigenvalue weighted by Gasteiger charge is -2.25. The van der Waals surface area contributed by atoms with Crippen LogP contribution in [0.25, 0.3) is 0 Å². The SMILES string of the molecule is CCC1Oc2ccc(S(=O)(=O)CC)cc2NC1=O. The first kappa shape index (κ1) is 12.9. The first-order valence-electron chi connectivity index (χ1n) is 5.82. The molecule has 1 aromatic rings. The van der Waals surface area contributed by atoms with E-state index in [9.17, 15) is 13.2 Å². The van der Waals surface area contributed by atoms with Gasteiger partial charge in [0.15, 0.2) is 15.9 Å². The normalized spacial score (nSPS) is 18.8. The Morgan fingerprint density at radius 1 is 1.33 bits per heavy atom. The molecule has 18 heavy (non-hydrogen) atoms. The highest BCUT2D eigenvalue weighted by atomic mass is 32.2. The number of ether oxygens (including phenoxy) is 1. The molecule has 1 amide bonds. The standard InChI is InChI=1S/C12H15NO4S/c1-3-10-12(14)13-9-7-8(18(15,16)4-2)5-6-11(9)17-10/h5-7,10H,3-4H2,1-2H3,(H,13,14). The van der Waals surface area contributed by atoms with Crippen LogP contribution in [0, 0.1) is 0 Å². The third-order valence-corrected chi connectivity index (χ3v) is 4.61. The number of sulfone groups is 1. The zero-order valence-electron chi connectivity index (χ0n) is 10.3. The quantitative estimate of drug-likeness (QED) is 0.904. The van der Waals surface area contributed by atoms with Crippen molar-refractivity contribution in [2.45, 2.75) is 31.3 Å². The van der Waals surface area contributed by atoms with E-state index >= 15 is 0 Å². The molecular weight excluding hydrogens is 254 g/mol. The van der Waals surface area contributed by atoms with Gasteiger partial charge in [-0.05, 0) is 24.6 Å². The zero-order valence-corrected chi connectivity index (χ0v) is 11.1. The largest absolute Gasteiger partial charge is 0.478 e.